The molecule has 0 bridgehead atoms. The number of anilines is 2. The first-order chi connectivity index (χ1) is 17.1. The standard InChI is InChI=1S/C23H24N6O5S/c30-20(12-29-6-8-32-9-7-29)25-18-10-15(3-4-19(18)34-17-13-33-14-17)21(31)26-23-28-27-22(35-23)16-2-1-5-24-11-16/h1-5,10-11,17H,6-9,12-14H2,(H,25,30)(H,26,28,31). The number of benzene rings is 1. The molecule has 2 amide bonds. The van der Waals surface area contributed by atoms with Crippen molar-refractivity contribution in [1.82, 2.24) is 20.1 Å². The van der Waals surface area contributed by atoms with Gasteiger partial charge in [-0.3, -0.25) is 24.8 Å². The Bertz CT molecular complexity index is 1180. The molecule has 2 aliphatic rings. The Morgan fingerprint density at radius 3 is 2.71 bits per heavy atom. The van der Waals surface area contributed by atoms with Crippen LogP contribution in [0.25, 0.3) is 10.6 Å². The van der Waals surface area contributed by atoms with Crippen molar-refractivity contribution < 1.29 is 23.8 Å². The van der Waals surface area contributed by atoms with E-state index in [1.165, 1.54) is 11.3 Å². The number of hydrogen-bond donors (Lipinski definition) is 2. The van der Waals surface area contributed by atoms with E-state index in [0.717, 1.165) is 5.56 Å². The van der Waals surface area contributed by atoms with Gasteiger partial charge in [0.15, 0.2) is 5.01 Å². The van der Waals surface area contributed by atoms with Gasteiger partial charge < -0.3 is 19.5 Å². The minimum absolute atomic E-state index is 0.0862. The zero-order valence-electron chi connectivity index (χ0n) is 18.8. The topological polar surface area (TPSA) is 128 Å². The number of carbonyl (C=O) groups is 2. The predicted molar refractivity (Wildman–Crippen MR) is 129 cm³/mol. The molecule has 0 unspecified atom stereocenters. The average molecular weight is 497 g/mol. The van der Waals surface area contributed by atoms with Crippen LogP contribution in [0.15, 0.2) is 42.7 Å². The summed E-state index contributed by atoms with van der Waals surface area (Å²) in [6.45, 7) is 3.80. The molecule has 0 saturated carbocycles. The van der Waals surface area contributed by atoms with E-state index in [1.54, 1.807) is 30.6 Å². The van der Waals surface area contributed by atoms with Crippen LogP contribution in [0.3, 0.4) is 0 Å². The quantitative estimate of drug-likeness (QED) is 0.481. The molecule has 0 aliphatic carbocycles. The summed E-state index contributed by atoms with van der Waals surface area (Å²) in [6, 6.07) is 8.61. The molecule has 0 spiro atoms. The maximum Gasteiger partial charge on any atom is 0.257 e. The third-order valence-corrected chi connectivity index (χ3v) is 6.33. The van der Waals surface area contributed by atoms with Gasteiger partial charge in [-0.05, 0) is 30.3 Å². The minimum Gasteiger partial charge on any atom is -0.483 e. The largest absolute Gasteiger partial charge is 0.483 e. The van der Waals surface area contributed by atoms with Crippen LogP contribution in [-0.4, -0.2) is 84.1 Å². The summed E-state index contributed by atoms with van der Waals surface area (Å²) in [5.41, 5.74) is 1.59. The first-order valence-corrected chi connectivity index (χ1v) is 12.0. The van der Waals surface area contributed by atoms with E-state index in [1.807, 2.05) is 17.0 Å². The highest BCUT2D eigenvalue weighted by atomic mass is 32.1. The summed E-state index contributed by atoms with van der Waals surface area (Å²) in [5, 5.41) is 14.8. The Morgan fingerprint density at radius 1 is 1.11 bits per heavy atom. The fourth-order valence-corrected chi connectivity index (χ4v) is 4.26. The van der Waals surface area contributed by atoms with E-state index in [2.05, 4.69) is 25.8 Å². The maximum atomic E-state index is 12.9. The molecule has 2 saturated heterocycles. The Labute approximate surface area is 205 Å². The zero-order chi connectivity index (χ0) is 24.0. The number of pyridine rings is 1. The van der Waals surface area contributed by atoms with Crippen LogP contribution >= 0.6 is 11.3 Å². The lowest BCUT2D eigenvalue weighted by Gasteiger charge is -2.28. The minimum atomic E-state index is -0.374. The van der Waals surface area contributed by atoms with Crippen molar-refractivity contribution in [2.24, 2.45) is 0 Å². The summed E-state index contributed by atoms with van der Waals surface area (Å²) in [5.74, 6) is -0.0783. The second-order valence-electron chi connectivity index (χ2n) is 8.03. The highest BCUT2D eigenvalue weighted by Crippen LogP contribution is 2.30. The molecule has 0 atom stereocenters. The monoisotopic (exact) mass is 496 g/mol. The van der Waals surface area contributed by atoms with Gasteiger partial charge in [-0.25, -0.2) is 0 Å². The molecular weight excluding hydrogens is 472 g/mol. The third-order valence-electron chi connectivity index (χ3n) is 5.44. The first kappa shape index (κ1) is 23.3. The van der Waals surface area contributed by atoms with E-state index < -0.39 is 0 Å². The first-order valence-electron chi connectivity index (χ1n) is 11.2. The molecule has 2 aromatic heterocycles. The van der Waals surface area contributed by atoms with E-state index in [0.29, 0.717) is 66.7 Å². The van der Waals surface area contributed by atoms with Gasteiger partial charge in [0, 0.05) is 36.6 Å². The Hall–Kier alpha value is -3.45. The van der Waals surface area contributed by atoms with Crippen LogP contribution in [0.1, 0.15) is 10.4 Å². The molecule has 2 aliphatic heterocycles. The SMILES string of the molecule is O=C(CN1CCOCC1)Nc1cc(C(=O)Nc2nnc(-c3cccnc3)s2)ccc1OC1COC1. The molecule has 5 rings (SSSR count). The zero-order valence-corrected chi connectivity index (χ0v) is 19.6. The van der Waals surface area contributed by atoms with E-state index >= 15 is 0 Å². The van der Waals surface area contributed by atoms with Gasteiger partial charge in [0.25, 0.3) is 5.91 Å². The fraction of sp³-hybridized carbons (Fsp3) is 0.348. The lowest BCUT2D eigenvalue weighted by molar-refractivity contribution is -0.118. The van der Waals surface area contributed by atoms with Crippen molar-refractivity contribution in [3.05, 3.63) is 48.3 Å². The van der Waals surface area contributed by atoms with Gasteiger partial charge in [-0.2, -0.15) is 0 Å². The van der Waals surface area contributed by atoms with Gasteiger partial charge >= 0.3 is 0 Å². The van der Waals surface area contributed by atoms with E-state index in [4.69, 9.17) is 14.2 Å². The number of rotatable bonds is 8. The second-order valence-corrected chi connectivity index (χ2v) is 9.01. The number of ether oxygens (including phenoxy) is 3. The number of nitrogens with one attached hydrogen (secondary N) is 2. The molecule has 2 N–H and O–H groups in total. The van der Waals surface area contributed by atoms with Gasteiger partial charge in [0.05, 0.1) is 38.7 Å². The lowest BCUT2D eigenvalue weighted by Crippen LogP contribution is -2.41. The molecule has 12 heteroatoms. The highest BCUT2D eigenvalue weighted by Gasteiger charge is 2.23. The Morgan fingerprint density at radius 2 is 1.97 bits per heavy atom. The highest BCUT2D eigenvalue weighted by molar-refractivity contribution is 7.18. The average Bonchev–Trinajstić information content (AvgIpc) is 3.31. The molecular formula is C23H24N6O5S. The van der Waals surface area contributed by atoms with Gasteiger partial charge in [0.1, 0.15) is 11.9 Å². The molecule has 4 heterocycles. The molecule has 3 aromatic rings. The van der Waals surface area contributed by atoms with Crippen LogP contribution in [0.2, 0.25) is 0 Å². The third kappa shape index (κ3) is 5.98. The lowest BCUT2D eigenvalue weighted by atomic mass is 10.1. The maximum absolute atomic E-state index is 12.9. The Kier molecular flexibility index (Phi) is 7.23. The van der Waals surface area contributed by atoms with Gasteiger partial charge in [-0.1, -0.05) is 11.3 Å². The van der Waals surface area contributed by atoms with Crippen molar-refractivity contribution in [1.29, 1.82) is 0 Å². The second kappa shape index (κ2) is 10.9. The number of amides is 2. The van der Waals surface area contributed by atoms with Gasteiger partial charge in [0.2, 0.25) is 11.0 Å². The number of morpholine rings is 1. The summed E-state index contributed by atoms with van der Waals surface area (Å²) >= 11 is 1.25. The summed E-state index contributed by atoms with van der Waals surface area (Å²) in [6.07, 6.45) is 3.27. The van der Waals surface area contributed by atoms with E-state index in [9.17, 15) is 9.59 Å². The smallest absolute Gasteiger partial charge is 0.257 e. The van der Waals surface area contributed by atoms with Crippen LogP contribution < -0.4 is 15.4 Å². The molecule has 1 aromatic carbocycles. The van der Waals surface area contributed by atoms with Crippen LogP contribution in [0, 0.1) is 0 Å². The Balaban J connectivity index is 1.29. The normalized spacial score (nSPS) is 16.3. The predicted octanol–water partition coefficient (Wildman–Crippen LogP) is 1.90. The van der Waals surface area contributed by atoms with Crippen molar-refractivity contribution in [3.63, 3.8) is 0 Å². The molecule has 11 nitrogen and oxygen atoms in total. The molecule has 0 radical (unpaired) electrons. The summed E-state index contributed by atoms with van der Waals surface area (Å²) < 4.78 is 16.5. The summed E-state index contributed by atoms with van der Waals surface area (Å²) in [4.78, 5) is 31.7. The van der Waals surface area contributed by atoms with Crippen LogP contribution in [0.4, 0.5) is 10.8 Å². The number of carbonyl (C=O) groups excluding carboxylic acids is 2. The van der Waals surface area contributed by atoms with Crippen LogP contribution in [-0.2, 0) is 14.3 Å². The number of hydrogen-bond acceptors (Lipinski definition) is 10. The van der Waals surface area contributed by atoms with Crippen molar-refractivity contribution in [3.8, 4) is 16.3 Å². The van der Waals surface area contributed by atoms with Crippen LogP contribution in [0.5, 0.6) is 5.75 Å². The van der Waals surface area contributed by atoms with Crippen molar-refractivity contribution in [2.75, 3.05) is 56.7 Å². The fourth-order valence-electron chi connectivity index (χ4n) is 3.53. The molecule has 182 valence electrons. The van der Waals surface area contributed by atoms with E-state index in [-0.39, 0.29) is 24.5 Å². The van der Waals surface area contributed by atoms with Gasteiger partial charge in [-0.15, -0.1) is 10.2 Å². The van der Waals surface area contributed by atoms with Crippen molar-refractivity contribution >= 4 is 34.0 Å². The number of nitrogens with zero attached hydrogens (tertiary/aromatic N) is 4. The molecule has 35 heavy (non-hydrogen) atoms. The summed E-state index contributed by atoms with van der Waals surface area (Å²) in [7, 11) is 0. The molecule has 2 fully saturated rings. The number of aromatic nitrogens is 3. The van der Waals surface area contributed by atoms with Crippen molar-refractivity contribution in [2.45, 2.75) is 6.10 Å².